The van der Waals surface area contributed by atoms with Crippen molar-refractivity contribution in [1.29, 1.82) is 0 Å². The van der Waals surface area contributed by atoms with Crippen molar-refractivity contribution in [3.05, 3.63) is 74.8 Å². The van der Waals surface area contributed by atoms with E-state index in [1.807, 2.05) is 18.2 Å². The molecule has 0 unspecified atom stereocenters. The molecule has 0 N–H and O–H groups in total. The van der Waals surface area contributed by atoms with Crippen LogP contribution < -0.4 is 0 Å². The molecule has 0 radical (unpaired) electrons. The number of hydrogen-bond acceptors (Lipinski definition) is 5. The van der Waals surface area contributed by atoms with E-state index < -0.39 is 0 Å². The van der Waals surface area contributed by atoms with Crippen molar-refractivity contribution in [2.75, 3.05) is 12.4 Å². The second kappa shape index (κ2) is 5.33. The highest BCUT2D eigenvalue weighted by atomic mass is 32.2. The van der Waals surface area contributed by atoms with Gasteiger partial charge in [-0.25, -0.2) is 0 Å². The normalized spacial score (nSPS) is 30.3. The Morgan fingerprint density at radius 1 is 1.19 bits per heavy atom. The Morgan fingerprint density at radius 3 is 2.65 bits per heavy atom. The standard InChI is InChI=1S/C20H17NO4S/c1-2-26-20-10-25-19(22)18(20)16-12-5-3-4-6-14(12)17(20)15-9-11(21(23)24)7-8-13(15)16/h3-9,16-18H,2,10H2,1H3/t16-,17+,18-,20+/m0/s1. The molecule has 6 rings (SSSR count). The van der Waals surface area contributed by atoms with E-state index in [1.54, 1.807) is 23.9 Å². The van der Waals surface area contributed by atoms with Crippen LogP contribution in [-0.4, -0.2) is 28.0 Å². The number of rotatable bonds is 3. The zero-order valence-electron chi connectivity index (χ0n) is 14.2. The second-order valence-corrected chi connectivity index (χ2v) is 8.71. The first kappa shape index (κ1) is 15.9. The molecule has 1 heterocycles. The average Bonchev–Trinajstić information content (AvgIpc) is 2.99. The van der Waals surface area contributed by atoms with Gasteiger partial charge >= 0.3 is 5.97 Å². The molecule has 3 aliphatic carbocycles. The molecular formula is C20H17NO4S. The van der Waals surface area contributed by atoms with Crippen LogP contribution in [0.25, 0.3) is 0 Å². The van der Waals surface area contributed by atoms with Crippen LogP contribution in [0.1, 0.15) is 41.0 Å². The quantitative estimate of drug-likeness (QED) is 0.468. The molecular weight excluding hydrogens is 350 g/mol. The smallest absolute Gasteiger partial charge is 0.311 e. The van der Waals surface area contributed by atoms with E-state index in [1.165, 1.54) is 5.56 Å². The van der Waals surface area contributed by atoms with Crippen molar-refractivity contribution >= 4 is 23.4 Å². The van der Waals surface area contributed by atoms with Gasteiger partial charge in [0.25, 0.3) is 5.69 Å². The van der Waals surface area contributed by atoms with Crippen molar-refractivity contribution in [3.8, 4) is 0 Å². The van der Waals surface area contributed by atoms with Crippen LogP contribution in [0.4, 0.5) is 5.69 Å². The minimum absolute atomic E-state index is 0.0694. The van der Waals surface area contributed by atoms with Crippen LogP contribution in [0.5, 0.6) is 0 Å². The first-order valence-electron chi connectivity index (χ1n) is 8.76. The van der Waals surface area contributed by atoms with Gasteiger partial charge in [0.15, 0.2) is 0 Å². The molecule has 2 aromatic carbocycles. The van der Waals surface area contributed by atoms with E-state index in [0.717, 1.165) is 22.4 Å². The van der Waals surface area contributed by atoms with Gasteiger partial charge in [-0.3, -0.25) is 14.9 Å². The van der Waals surface area contributed by atoms with Crippen molar-refractivity contribution in [2.24, 2.45) is 5.92 Å². The number of carbonyl (C=O) groups is 1. The van der Waals surface area contributed by atoms with E-state index in [9.17, 15) is 14.9 Å². The summed E-state index contributed by atoms with van der Waals surface area (Å²) in [6, 6.07) is 13.3. The Balaban J connectivity index is 1.84. The Kier molecular flexibility index (Phi) is 3.26. The first-order valence-corrected chi connectivity index (χ1v) is 9.74. The molecule has 4 atom stereocenters. The Bertz CT molecular complexity index is 959. The van der Waals surface area contributed by atoms with E-state index in [0.29, 0.717) is 6.61 Å². The van der Waals surface area contributed by atoms with Crippen LogP contribution in [0.15, 0.2) is 42.5 Å². The first-order chi connectivity index (χ1) is 12.6. The number of nitro benzene ring substituents is 1. The minimum atomic E-state index is -0.382. The van der Waals surface area contributed by atoms with Crippen molar-refractivity contribution < 1.29 is 14.5 Å². The SMILES string of the molecule is CCS[C@@]12COC(=O)[C@@H]1[C@H]1c3ccccc3[C@@H]2c2cc([N+](=O)[O-])ccc21. The van der Waals surface area contributed by atoms with Gasteiger partial charge in [-0.15, -0.1) is 11.8 Å². The maximum Gasteiger partial charge on any atom is 0.311 e. The molecule has 0 saturated carbocycles. The Hall–Kier alpha value is -2.34. The third-order valence-corrected chi connectivity index (χ3v) is 7.46. The van der Waals surface area contributed by atoms with Gasteiger partial charge in [0.1, 0.15) is 6.61 Å². The van der Waals surface area contributed by atoms with E-state index in [-0.39, 0.29) is 39.1 Å². The third kappa shape index (κ3) is 1.80. The molecule has 1 saturated heterocycles. The van der Waals surface area contributed by atoms with Crippen LogP contribution in [-0.2, 0) is 9.53 Å². The number of benzene rings is 2. The maximum atomic E-state index is 12.7. The predicted octanol–water partition coefficient (Wildman–Crippen LogP) is 3.85. The molecule has 4 aliphatic rings. The van der Waals surface area contributed by atoms with Gasteiger partial charge in [-0.1, -0.05) is 37.3 Å². The number of ether oxygens (including phenoxy) is 1. The largest absolute Gasteiger partial charge is 0.464 e. The number of non-ortho nitro benzene ring substituents is 1. The summed E-state index contributed by atoms with van der Waals surface area (Å²) in [6.45, 7) is 2.45. The van der Waals surface area contributed by atoms with Gasteiger partial charge in [0, 0.05) is 24.0 Å². The number of cyclic esters (lactones) is 1. The molecule has 0 amide bonds. The summed E-state index contributed by atoms with van der Waals surface area (Å²) in [5.74, 6) is 0.324. The number of nitro groups is 1. The molecule has 132 valence electrons. The van der Waals surface area contributed by atoms with E-state index in [4.69, 9.17) is 4.74 Å². The monoisotopic (exact) mass is 367 g/mol. The summed E-state index contributed by atoms with van der Waals surface area (Å²) in [5, 5.41) is 11.3. The van der Waals surface area contributed by atoms with Gasteiger partial charge < -0.3 is 4.74 Å². The van der Waals surface area contributed by atoms with Gasteiger partial charge in [-0.2, -0.15) is 0 Å². The van der Waals surface area contributed by atoms with Gasteiger partial charge in [-0.05, 0) is 28.0 Å². The van der Waals surface area contributed by atoms with Gasteiger partial charge in [0.2, 0.25) is 0 Å². The lowest BCUT2D eigenvalue weighted by Crippen LogP contribution is -2.52. The second-order valence-electron chi connectivity index (χ2n) is 7.08. The number of esters is 1. The number of hydrogen-bond donors (Lipinski definition) is 0. The molecule has 26 heavy (non-hydrogen) atoms. The van der Waals surface area contributed by atoms with Crippen molar-refractivity contribution in [2.45, 2.75) is 23.5 Å². The molecule has 6 heteroatoms. The average molecular weight is 367 g/mol. The third-order valence-electron chi connectivity index (χ3n) is 6.02. The molecule has 2 aromatic rings. The van der Waals surface area contributed by atoms with Crippen LogP contribution in [0, 0.1) is 16.0 Å². The lowest BCUT2D eigenvalue weighted by atomic mass is 9.54. The lowest BCUT2D eigenvalue weighted by molar-refractivity contribution is -0.385. The molecule has 2 bridgehead atoms. The fraction of sp³-hybridized carbons (Fsp3) is 0.350. The molecule has 0 aromatic heterocycles. The topological polar surface area (TPSA) is 69.4 Å². The molecule has 0 spiro atoms. The van der Waals surface area contributed by atoms with Crippen LogP contribution in [0.3, 0.4) is 0 Å². The molecule has 1 fully saturated rings. The van der Waals surface area contributed by atoms with E-state index in [2.05, 4.69) is 19.1 Å². The summed E-state index contributed by atoms with van der Waals surface area (Å²) in [6.07, 6.45) is 0. The van der Waals surface area contributed by atoms with Crippen molar-refractivity contribution in [3.63, 3.8) is 0 Å². The van der Waals surface area contributed by atoms with Crippen LogP contribution in [0.2, 0.25) is 0 Å². The van der Waals surface area contributed by atoms with E-state index >= 15 is 0 Å². The summed E-state index contributed by atoms with van der Waals surface area (Å²) in [4.78, 5) is 23.7. The summed E-state index contributed by atoms with van der Waals surface area (Å²) in [7, 11) is 0. The zero-order chi connectivity index (χ0) is 18.1. The van der Waals surface area contributed by atoms with Crippen LogP contribution >= 0.6 is 11.8 Å². The molecule has 5 nitrogen and oxygen atoms in total. The fourth-order valence-corrected chi connectivity index (χ4v) is 6.73. The lowest BCUT2D eigenvalue weighted by Gasteiger charge is -2.52. The summed E-state index contributed by atoms with van der Waals surface area (Å²) < 4.78 is 5.20. The number of nitrogens with zero attached hydrogens (tertiary/aromatic N) is 1. The summed E-state index contributed by atoms with van der Waals surface area (Å²) >= 11 is 1.76. The maximum absolute atomic E-state index is 12.7. The fourth-order valence-electron chi connectivity index (χ4n) is 5.21. The minimum Gasteiger partial charge on any atom is -0.464 e. The molecule has 1 aliphatic heterocycles. The highest BCUT2D eigenvalue weighted by Crippen LogP contribution is 2.66. The predicted molar refractivity (Wildman–Crippen MR) is 98.5 cm³/mol. The Labute approximate surface area is 154 Å². The zero-order valence-corrected chi connectivity index (χ0v) is 15.0. The van der Waals surface area contributed by atoms with Gasteiger partial charge in [0.05, 0.1) is 15.6 Å². The Morgan fingerprint density at radius 2 is 1.92 bits per heavy atom. The number of carbonyl (C=O) groups excluding carboxylic acids is 1. The highest BCUT2D eigenvalue weighted by molar-refractivity contribution is 8.00. The summed E-state index contributed by atoms with van der Waals surface area (Å²) in [5.41, 5.74) is 4.47. The number of thioether (sulfide) groups is 1. The van der Waals surface area contributed by atoms with Crippen molar-refractivity contribution in [1.82, 2.24) is 0 Å². The highest BCUT2D eigenvalue weighted by Gasteiger charge is 2.65.